The van der Waals surface area contributed by atoms with Crippen LogP contribution in [0.15, 0.2) is 6.07 Å². The van der Waals surface area contributed by atoms with Gasteiger partial charge in [-0.15, -0.1) is 0 Å². The lowest BCUT2D eigenvalue weighted by Gasteiger charge is -2.25. The van der Waals surface area contributed by atoms with Crippen LogP contribution in [0.2, 0.25) is 0 Å². The molecular formula is C15H26N4O. The number of aliphatic hydroxyl groups excluding tert-OH is 1. The van der Waals surface area contributed by atoms with Crippen LogP contribution in [0.5, 0.6) is 0 Å². The van der Waals surface area contributed by atoms with Gasteiger partial charge in [0.1, 0.15) is 17.5 Å². The molecule has 0 aromatic carbocycles. The zero-order valence-corrected chi connectivity index (χ0v) is 12.6. The Balaban J connectivity index is 2.23. The Morgan fingerprint density at radius 2 is 2.20 bits per heavy atom. The van der Waals surface area contributed by atoms with Crippen LogP contribution in [0.25, 0.3) is 0 Å². The van der Waals surface area contributed by atoms with Gasteiger partial charge in [-0.25, -0.2) is 9.97 Å². The molecule has 2 heterocycles. The average Bonchev–Trinajstić information content (AvgIpc) is 2.93. The van der Waals surface area contributed by atoms with Crippen molar-refractivity contribution in [2.75, 3.05) is 29.9 Å². The highest BCUT2D eigenvalue weighted by Gasteiger charge is 2.25. The molecular weight excluding hydrogens is 252 g/mol. The Morgan fingerprint density at radius 1 is 1.35 bits per heavy atom. The molecule has 1 aromatic rings. The number of aryl methyl sites for hydroxylation is 1. The third kappa shape index (κ3) is 3.60. The van der Waals surface area contributed by atoms with E-state index >= 15 is 0 Å². The first-order valence-corrected chi connectivity index (χ1v) is 7.77. The highest BCUT2D eigenvalue weighted by atomic mass is 16.3. The van der Waals surface area contributed by atoms with E-state index in [1.807, 2.05) is 6.07 Å². The molecule has 0 aliphatic carbocycles. The first kappa shape index (κ1) is 15.0. The third-order valence-corrected chi connectivity index (χ3v) is 3.67. The van der Waals surface area contributed by atoms with Crippen LogP contribution in [0.4, 0.5) is 11.6 Å². The molecule has 2 rings (SSSR count). The zero-order chi connectivity index (χ0) is 14.4. The largest absolute Gasteiger partial charge is 0.394 e. The number of rotatable bonds is 7. The summed E-state index contributed by atoms with van der Waals surface area (Å²) >= 11 is 0. The number of nitrogens with one attached hydrogen (secondary N) is 1. The maximum absolute atomic E-state index is 9.48. The Labute approximate surface area is 121 Å². The minimum absolute atomic E-state index is 0.199. The standard InChI is InChI=1S/C15H26N4O/c1-3-6-13-17-14(16-8-4-2)10-15(18-13)19-9-5-7-12(19)11-20/h10,12,20H,3-9,11H2,1-2H3,(H,16,17,18). The first-order chi connectivity index (χ1) is 9.78. The van der Waals surface area contributed by atoms with Gasteiger partial charge < -0.3 is 15.3 Å². The molecule has 1 fully saturated rings. The van der Waals surface area contributed by atoms with Crippen molar-refractivity contribution in [1.82, 2.24) is 9.97 Å². The van der Waals surface area contributed by atoms with Crippen LogP contribution in [0.3, 0.4) is 0 Å². The molecule has 0 saturated carbocycles. The van der Waals surface area contributed by atoms with Crippen molar-refractivity contribution in [3.63, 3.8) is 0 Å². The predicted molar refractivity (Wildman–Crippen MR) is 82.3 cm³/mol. The molecule has 0 radical (unpaired) electrons. The predicted octanol–water partition coefficient (Wildman–Crippen LogP) is 2.21. The van der Waals surface area contributed by atoms with E-state index in [0.717, 1.165) is 62.7 Å². The molecule has 1 atom stereocenters. The highest BCUT2D eigenvalue weighted by molar-refractivity contribution is 5.51. The Kier molecular flexibility index (Phi) is 5.59. The van der Waals surface area contributed by atoms with Gasteiger partial charge in [-0.05, 0) is 25.7 Å². The van der Waals surface area contributed by atoms with Crippen molar-refractivity contribution in [2.24, 2.45) is 0 Å². The van der Waals surface area contributed by atoms with Gasteiger partial charge in [-0.3, -0.25) is 0 Å². The second kappa shape index (κ2) is 7.43. The lowest BCUT2D eigenvalue weighted by Crippen LogP contribution is -2.33. The number of aliphatic hydroxyl groups is 1. The molecule has 5 nitrogen and oxygen atoms in total. The Morgan fingerprint density at radius 3 is 2.90 bits per heavy atom. The zero-order valence-electron chi connectivity index (χ0n) is 12.6. The van der Waals surface area contributed by atoms with E-state index in [2.05, 4.69) is 34.0 Å². The molecule has 20 heavy (non-hydrogen) atoms. The molecule has 5 heteroatoms. The maximum Gasteiger partial charge on any atom is 0.134 e. The van der Waals surface area contributed by atoms with E-state index < -0.39 is 0 Å². The van der Waals surface area contributed by atoms with Crippen LogP contribution in [0, 0.1) is 0 Å². The second-order valence-electron chi connectivity index (χ2n) is 5.38. The van der Waals surface area contributed by atoms with E-state index in [9.17, 15) is 5.11 Å². The van der Waals surface area contributed by atoms with Gasteiger partial charge in [0.05, 0.1) is 12.6 Å². The maximum atomic E-state index is 9.48. The van der Waals surface area contributed by atoms with Crippen molar-refractivity contribution >= 4 is 11.6 Å². The monoisotopic (exact) mass is 278 g/mol. The summed E-state index contributed by atoms with van der Waals surface area (Å²) in [5.41, 5.74) is 0. The molecule has 0 bridgehead atoms. The molecule has 1 unspecified atom stereocenters. The van der Waals surface area contributed by atoms with Crippen molar-refractivity contribution in [1.29, 1.82) is 0 Å². The van der Waals surface area contributed by atoms with Crippen LogP contribution < -0.4 is 10.2 Å². The van der Waals surface area contributed by atoms with E-state index in [0.29, 0.717) is 0 Å². The summed E-state index contributed by atoms with van der Waals surface area (Å²) < 4.78 is 0. The van der Waals surface area contributed by atoms with Crippen molar-refractivity contribution < 1.29 is 5.11 Å². The summed E-state index contributed by atoms with van der Waals surface area (Å²) in [6, 6.07) is 2.22. The van der Waals surface area contributed by atoms with Crippen LogP contribution in [-0.2, 0) is 6.42 Å². The SMILES string of the molecule is CCCNc1cc(N2CCCC2CO)nc(CCC)n1. The first-order valence-electron chi connectivity index (χ1n) is 7.77. The molecule has 0 amide bonds. The Hall–Kier alpha value is -1.36. The van der Waals surface area contributed by atoms with E-state index in [-0.39, 0.29) is 12.6 Å². The van der Waals surface area contributed by atoms with E-state index in [1.165, 1.54) is 0 Å². The van der Waals surface area contributed by atoms with Gasteiger partial charge in [-0.1, -0.05) is 13.8 Å². The highest BCUT2D eigenvalue weighted by Crippen LogP contribution is 2.25. The molecule has 112 valence electrons. The van der Waals surface area contributed by atoms with E-state index in [4.69, 9.17) is 0 Å². The number of aromatic nitrogens is 2. The van der Waals surface area contributed by atoms with Gasteiger partial charge >= 0.3 is 0 Å². The summed E-state index contributed by atoms with van der Waals surface area (Å²) in [7, 11) is 0. The quantitative estimate of drug-likeness (QED) is 0.801. The third-order valence-electron chi connectivity index (χ3n) is 3.67. The topological polar surface area (TPSA) is 61.3 Å². The number of anilines is 2. The number of hydrogen-bond acceptors (Lipinski definition) is 5. The van der Waals surface area contributed by atoms with Crippen molar-refractivity contribution in [2.45, 2.75) is 52.0 Å². The number of hydrogen-bond donors (Lipinski definition) is 2. The summed E-state index contributed by atoms with van der Waals surface area (Å²) in [5, 5.41) is 12.8. The lowest BCUT2D eigenvalue weighted by atomic mass is 10.2. The van der Waals surface area contributed by atoms with Gasteiger partial charge in [-0.2, -0.15) is 0 Å². The molecule has 1 aromatic heterocycles. The van der Waals surface area contributed by atoms with E-state index in [1.54, 1.807) is 0 Å². The summed E-state index contributed by atoms with van der Waals surface area (Å²) in [4.78, 5) is 11.5. The second-order valence-corrected chi connectivity index (χ2v) is 5.38. The van der Waals surface area contributed by atoms with Crippen LogP contribution >= 0.6 is 0 Å². The smallest absolute Gasteiger partial charge is 0.134 e. The number of nitrogens with zero attached hydrogens (tertiary/aromatic N) is 3. The fraction of sp³-hybridized carbons (Fsp3) is 0.733. The normalized spacial score (nSPS) is 18.6. The summed E-state index contributed by atoms with van der Waals surface area (Å²) in [6.45, 7) is 6.38. The molecule has 0 spiro atoms. The van der Waals surface area contributed by atoms with Crippen molar-refractivity contribution in [3.05, 3.63) is 11.9 Å². The molecule has 2 N–H and O–H groups in total. The van der Waals surface area contributed by atoms with Crippen LogP contribution in [-0.4, -0.2) is 40.8 Å². The molecule has 1 aliphatic heterocycles. The minimum atomic E-state index is 0.199. The van der Waals surface area contributed by atoms with Gasteiger partial charge in [0, 0.05) is 25.6 Å². The summed E-state index contributed by atoms with van der Waals surface area (Å²) in [5.74, 6) is 2.76. The minimum Gasteiger partial charge on any atom is -0.394 e. The van der Waals surface area contributed by atoms with Gasteiger partial charge in [0.25, 0.3) is 0 Å². The lowest BCUT2D eigenvalue weighted by molar-refractivity contribution is 0.266. The van der Waals surface area contributed by atoms with Crippen molar-refractivity contribution in [3.8, 4) is 0 Å². The fourth-order valence-corrected chi connectivity index (χ4v) is 2.64. The average molecular weight is 278 g/mol. The molecule has 1 saturated heterocycles. The molecule has 1 aliphatic rings. The van der Waals surface area contributed by atoms with Gasteiger partial charge in [0.2, 0.25) is 0 Å². The fourth-order valence-electron chi connectivity index (χ4n) is 2.64. The van der Waals surface area contributed by atoms with Gasteiger partial charge in [0.15, 0.2) is 0 Å². The van der Waals surface area contributed by atoms with Crippen LogP contribution in [0.1, 0.15) is 45.4 Å². The Bertz CT molecular complexity index is 424. The summed E-state index contributed by atoms with van der Waals surface area (Å²) in [6.07, 6.45) is 5.18.